The molecule has 118 valence electrons. The number of nitrogens with zero attached hydrogens (tertiary/aromatic N) is 4. The van der Waals surface area contributed by atoms with Crippen molar-refractivity contribution in [3.8, 4) is 5.82 Å². The van der Waals surface area contributed by atoms with E-state index in [9.17, 15) is 4.79 Å². The Morgan fingerprint density at radius 1 is 1.22 bits per heavy atom. The average molecular weight is 310 g/mol. The quantitative estimate of drug-likeness (QED) is 0.781. The number of amides is 1. The van der Waals surface area contributed by atoms with Crippen molar-refractivity contribution < 1.29 is 9.90 Å². The van der Waals surface area contributed by atoms with E-state index in [1.807, 2.05) is 35.8 Å². The molecule has 0 fully saturated rings. The van der Waals surface area contributed by atoms with Gasteiger partial charge in [-0.1, -0.05) is 12.1 Å². The summed E-state index contributed by atoms with van der Waals surface area (Å²) in [6.45, 7) is 2.70. The number of imidazole rings is 1. The van der Waals surface area contributed by atoms with Gasteiger partial charge in [0.15, 0.2) is 0 Å². The van der Waals surface area contributed by atoms with Crippen LogP contribution in [0.4, 0.5) is 0 Å². The molecule has 23 heavy (non-hydrogen) atoms. The van der Waals surface area contributed by atoms with Gasteiger partial charge in [-0.25, -0.2) is 9.97 Å². The number of likely N-dealkylation sites (N-methyl/N-ethyl adjacent to an activating group) is 1. The zero-order chi connectivity index (χ0) is 16.2. The second kappa shape index (κ2) is 6.58. The molecule has 2 heterocycles. The molecule has 0 saturated carbocycles. The average Bonchev–Trinajstić information content (AvgIpc) is 3.03. The number of aliphatic hydroxyl groups is 1. The van der Waals surface area contributed by atoms with E-state index in [4.69, 9.17) is 5.11 Å². The van der Waals surface area contributed by atoms with Crippen LogP contribution in [-0.2, 0) is 0 Å². The van der Waals surface area contributed by atoms with Crippen molar-refractivity contribution in [2.24, 2.45) is 0 Å². The summed E-state index contributed by atoms with van der Waals surface area (Å²) in [7, 11) is 0. The highest BCUT2D eigenvalue weighted by molar-refractivity contribution is 5.94. The summed E-state index contributed by atoms with van der Waals surface area (Å²) in [6.07, 6.45) is 3.28. The number of benzene rings is 1. The van der Waals surface area contributed by atoms with Crippen LogP contribution < -0.4 is 0 Å². The van der Waals surface area contributed by atoms with Crippen LogP contribution in [0.3, 0.4) is 0 Å². The van der Waals surface area contributed by atoms with Crippen molar-refractivity contribution in [1.82, 2.24) is 19.4 Å². The summed E-state index contributed by atoms with van der Waals surface area (Å²) in [5.74, 6) is 0.580. The summed E-state index contributed by atoms with van der Waals surface area (Å²) in [5.41, 5.74) is 2.37. The molecule has 0 aliphatic carbocycles. The number of hydrogen-bond donors (Lipinski definition) is 1. The van der Waals surface area contributed by atoms with E-state index in [0.29, 0.717) is 24.5 Å². The second-order valence-electron chi connectivity index (χ2n) is 5.12. The molecule has 3 rings (SSSR count). The molecule has 6 nitrogen and oxygen atoms in total. The third kappa shape index (κ3) is 2.93. The lowest BCUT2D eigenvalue weighted by atomic mass is 10.2. The number of para-hydroxylation sites is 2. The van der Waals surface area contributed by atoms with E-state index in [0.717, 1.165) is 11.0 Å². The standard InChI is InChI=1S/C17H18N4O2/c1-2-20(9-10-22)17(23)13-7-8-16(18-11-13)21-12-19-14-5-3-4-6-15(14)21/h3-8,11-12,22H,2,9-10H2,1H3. The summed E-state index contributed by atoms with van der Waals surface area (Å²) < 4.78 is 1.88. The molecule has 0 aliphatic rings. The second-order valence-corrected chi connectivity index (χ2v) is 5.12. The largest absolute Gasteiger partial charge is 0.395 e. The molecule has 0 saturated heterocycles. The number of pyridine rings is 1. The number of hydrogen-bond acceptors (Lipinski definition) is 4. The van der Waals surface area contributed by atoms with Crippen LogP contribution in [-0.4, -0.2) is 50.1 Å². The lowest BCUT2D eigenvalue weighted by Crippen LogP contribution is -2.33. The third-order valence-corrected chi connectivity index (χ3v) is 3.73. The van der Waals surface area contributed by atoms with Crippen molar-refractivity contribution in [1.29, 1.82) is 0 Å². The lowest BCUT2D eigenvalue weighted by Gasteiger charge is -2.19. The van der Waals surface area contributed by atoms with Gasteiger partial charge in [-0.2, -0.15) is 0 Å². The SMILES string of the molecule is CCN(CCO)C(=O)c1ccc(-n2cnc3ccccc32)nc1. The normalized spacial score (nSPS) is 10.9. The molecule has 1 N–H and O–H groups in total. The summed E-state index contributed by atoms with van der Waals surface area (Å²) in [5, 5.41) is 9.01. The van der Waals surface area contributed by atoms with Crippen LogP contribution in [0.25, 0.3) is 16.9 Å². The van der Waals surface area contributed by atoms with Crippen LogP contribution >= 0.6 is 0 Å². The number of aromatic nitrogens is 3. The summed E-state index contributed by atoms with van der Waals surface area (Å²) >= 11 is 0. The maximum absolute atomic E-state index is 12.3. The molecule has 6 heteroatoms. The zero-order valence-corrected chi connectivity index (χ0v) is 12.9. The summed E-state index contributed by atoms with van der Waals surface area (Å²) in [6, 6.07) is 11.4. The van der Waals surface area contributed by atoms with Crippen LogP contribution in [0, 0.1) is 0 Å². The van der Waals surface area contributed by atoms with E-state index in [-0.39, 0.29) is 12.5 Å². The monoisotopic (exact) mass is 310 g/mol. The lowest BCUT2D eigenvalue weighted by molar-refractivity contribution is 0.0731. The van der Waals surface area contributed by atoms with E-state index in [1.54, 1.807) is 29.6 Å². The van der Waals surface area contributed by atoms with Crippen molar-refractivity contribution >= 4 is 16.9 Å². The molecule has 0 bridgehead atoms. The zero-order valence-electron chi connectivity index (χ0n) is 12.9. The van der Waals surface area contributed by atoms with Crippen molar-refractivity contribution in [3.05, 3.63) is 54.5 Å². The minimum atomic E-state index is -0.129. The van der Waals surface area contributed by atoms with Gasteiger partial charge < -0.3 is 10.0 Å². The van der Waals surface area contributed by atoms with Gasteiger partial charge in [0.2, 0.25) is 0 Å². The first-order valence-electron chi connectivity index (χ1n) is 7.53. The molecule has 0 radical (unpaired) electrons. The first-order valence-corrected chi connectivity index (χ1v) is 7.53. The van der Waals surface area contributed by atoms with Gasteiger partial charge in [0.05, 0.1) is 23.2 Å². The topological polar surface area (TPSA) is 71.2 Å². The van der Waals surface area contributed by atoms with Gasteiger partial charge in [-0.3, -0.25) is 9.36 Å². The van der Waals surface area contributed by atoms with Crippen LogP contribution in [0.15, 0.2) is 48.9 Å². The number of carbonyl (C=O) groups excluding carboxylic acids is 1. The van der Waals surface area contributed by atoms with Crippen LogP contribution in [0.1, 0.15) is 17.3 Å². The van der Waals surface area contributed by atoms with Gasteiger partial charge in [0.1, 0.15) is 12.1 Å². The predicted octanol–water partition coefficient (Wildman–Crippen LogP) is 1.87. The Balaban J connectivity index is 1.89. The minimum Gasteiger partial charge on any atom is -0.395 e. The van der Waals surface area contributed by atoms with Crippen molar-refractivity contribution in [2.75, 3.05) is 19.7 Å². The predicted molar refractivity (Wildman–Crippen MR) is 87.5 cm³/mol. The molecular weight excluding hydrogens is 292 g/mol. The van der Waals surface area contributed by atoms with Gasteiger partial charge >= 0.3 is 0 Å². The maximum atomic E-state index is 12.3. The van der Waals surface area contributed by atoms with E-state index in [1.165, 1.54) is 0 Å². The molecule has 0 unspecified atom stereocenters. The molecular formula is C17H18N4O2. The Labute approximate surface area is 134 Å². The van der Waals surface area contributed by atoms with Crippen LogP contribution in [0.2, 0.25) is 0 Å². The fourth-order valence-electron chi connectivity index (χ4n) is 2.50. The summed E-state index contributed by atoms with van der Waals surface area (Å²) in [4.78, 5) is 22.6. The third-order valence-electron chi connectivity index (χ3n) is 3.73. The molecule has 0 aliphatic heterocycles. The molecule has 1 aromatic carbocycles. The van der Waals surface area contributed by atoms with Crippen LogP contribution in [0.5, 0.6) is 0 Å². The van der Waals surface area contributed by atoms with Gasteiger partial charge in [0, 0.05) is 19.3 Å². The van der Waals surface area contributed by atoms with Gasteiger partial charge in [0.25, 0.3) is 5.91 Å². The fourth-order valence-corrected chi connectivity index (χ4v) is 2.50. The van der Waals surface area contributed by atoms with Crippen molar-refractivity contribution in [2.45, 2.75) is 6.92 Å². The maximum Gasteiger partial charge on any atom is 0.255 e. The number of rotatable bonds is 5. The highest BCUT2D eigenvalue weighted by Crippen LogP contribution is 2.16. The Morgan fingerprint density at radius 3 is 2.74 bits per heavy atom. The smallest absolute Gasteiger partial charge is 0.255 e. The van der Waals surface area contributed by atoms with E-state index >= 15 is 0 Å². The molecule has 3 aromatic rings. The number of fused-ring (bicyclic) bond motifs is 1. The molecule has 1 amide bonds. The Bertz CT molecular complexity index is 811. The molecule has 0 spiro atoms. The highest BCUT2D eigenvalue weighted by Gasteiger charge is 2.14. The van der Waals surface area contributed by atoms with Gasteiger partial charge in [-0.15, -0.1) is 0 Å². The molecule has 0 atom stereocenters. The van der Waals surface area contributed by atoms with Crippen molar-refractivity contribution in [3.63, 3.8) is 0 Å². The fraction of sp³-hybridized carbons (Fsp3) is 0.235. The minimum absolute atomic E-state index is 0.0495. The van der Waals surface area contributed by atoms with Gasteiger partial charge in [-0.05, 0) is 31.2 Å². The first kappa shape index (κ1) is 15.2. The Morgan fingerprint density at radius 2 is 2.04 bits per heavy atom. The Hall–Kier alpha value is -2.73. The molecule has 2 aromatic heterocycles. The number of carbonyl (C=O) groups is 1. The van der Waals surface area contributed by atoms with E-state index < -0.39 is 0 Å². The highest BCUT2D eigenvalue weighted by atomic mass is 16.3. The first-order chi connectivity index (χ1) is 11.2. The van der Waals surface area contributed by atoms with E-state index in [2.05, 4.69) is 9.97 Å². The number of aliphatic hydroxyl groups excluding tert-OH is 1. The Kier molecular flexibility index (Phi) is 4.34.